The van der Waals surface area contributed by atoms with E-state index in [0.29, 0.717) is 0 Å². The minimum Gasteiger partial charge on any atom is -0.0623 e. The molecule has 0 unspecified atom stereocenters. The first-order chi connectivity index (χ1) is 17.9. The molecule has 0 spiro atoms. The molecule has 0 saturated heterocycles. The van der Waals surface area contributed by atoms with Gasteiger partial charge in [0.15, 0.2) is 0 Å². The lowest BCUT2D eigenvalue weighted by molar-refractivity contribution is 1.74. The van der Waals surface area contributed by atoms with Gasteiger partial charge < -0.3 is 0 Å². The van der Waals surface area contributed by atoms with Crippen LogP contribution in [0, 0.1) is 0 Å². The molecule has 6 rings (SSSR count). The van der Waals surface area contributed by atoms with Gasteiger partial charge in [-0.2, -0.15) is 0 Å². The second-order valence-electron chi connectivity index (χ2n) is 8.95. The normalized spacial score (nSPS) is 12.6. The number of fused-ring (bicyclic) bond motifs is 4. The van der Waals surface area contributed by atoms with E-state index in [1.165, 1.54) is 54.2 Å². The van der Waals surface area contributed by atoms with Gasteiger partial charge >= 0.3 is 0 Å². The highest BCUT2D eigenvalue weighted by Gasteiger charge is 2.05. The molecule has 170 valence electrons. The van der Waals surface area contributed by atoms with Crippen LogP contribution in [0.2, 0.25) is 0 Å². The van der Waals surface area contributed by atoms with Gasteiger partial charge in [-0.05, 0) is 66.3 Å². The van der Waals surface area contributed by atoms with Gasteiger partial charge in [0.1, 0.15) is 0 Å². The standard InChI is InChI=1S/C36H26/c1(3-5-23-35-31-19-11-7-15-27(31)25-28-16-8-12-20-32(28)35)2-4-6-24-36-33-21-13-9-17-29(33)26-30-18-10-14-22-34(30)36/h1-26H. The molecule has 6 aromatic carbocycles. The Hall–Kier alpha value is -4.68. The molecule has 0 bridgehead atoms. The van der Waals surface area contributed by atoms with Crippen molar-refractivity contribution in [3.8, 4) is 0 Å². The van der Waals surface area contributed by atoms with Gasteiger partial charge in [-0.3, -0.25) is 0 Å². The Bertz CT molecular complexity index is 1580. The van der Waals surface area contributed by atoms with Crippen LogP contribution in [0.3, 0.4) is 0 Å². The smallest absolute Gasteiger partial charge is 0.00994 e. The zero-order chi connectivity index (χ0) is 24.2. The Morgan fingerprint density at radius 3 is 0.917 bits per heavy atom. The van der Waals surface area contributed by atoms with E-state index in [9.17, 15) is 0 Å². The molecule has 0 aliphatic carbocycles. The van der Waals surface area contributed by atoms with E-state index in [1.54, 1.807) is 0 Å². The lowest BCUT2D eigenvalue weighted by atomic mass is 9.96. The monoisotopic (exact) mass is 458 g/mol. The van der Waals surface area contributed by atoms with E-state index in [-0.39, 0.29) is 0 Å². The van der Waals surface area contributed by atoms with Gasteiger partial charge in [0.25, 0.3) is 0 Å². The van der Waals surface area contributed by atoms with Crippen molar-refractivity contribution in [1.82, 2.24) is 0 Å². The molecule has 0 nitrogen and oxygen atoms in total. The quantitative estimate of drug-likeness (QED) is 0.178. The Morgan fingerprint density at radius 2 is 0.583 bits per heavy atom. The van der Waals surface area contributed by atoms with Crippen LogP contribution < -0.4 is 0 Å². The molecule has 0 aliphatic heterocycles. The van der Waals surface area contributed by atoms with Gasteiger partial charge in [-0.15, -0.1) is 0 Å². The van der Waals surface area contributed by atoms with Crippen molar-refractivity contribution in [3.05, 3.63) is 157 Å². The first-order valence-corrected chi connectivity index (χ1v) is 12.4. The Labute approximate surface area is 211 Å². The highest BCUT2D eigenvalue weighted by molar-refractivity contribution is 6.07. The van der Waals surface area contributed by atoms with Crippen molar-refractivity contribution in [2.45, 2.75) is 0 Å². The second kappa shape index (κ2) is 9.90. The predicted octanol–water partition coefficient (Wildman–Crippen LogP) is 10.1. The van der Waals surface area contributed by atoms with E-state index in [2.05, 4.69) is 158 Å². The van der Waals surface area contributed by atoms with Gasteiger partial charge in [-0.25, -0.2) is 0 Å². The molecular formula is C36H26. The molecule has 0 aromatic heterocycles. The summed E-state index contributed by atoms with van der Waals surface area (Å²) in [6.07, 6.45) is 17.0. The predicted molar refractivity (Wildman–Crippen MR) is 159 cm³/mol. The summed E-state index contributed by atoms with van der Waals surface area (Å²) in [5, 5.41) is 10.2. The number of hydrogen-bond donors (Lipinski definition) is 0. The summed E-state index contributed by atoms with van der Waals surface area (Å²) in [5.74, 6) is 0. The van der Waals surface area contributed by atoms with Gasteiger partial charge in [0, 0.05) is 0 Å². The lowest BCUT2D eigenvalue weighted by Gasteiger charge is -2.08. The van der Waals surface area contributed by atoms with Crippen molar-refractivity contribution < 1.29 is 0 Å². The summed E-state index contributed by atoms with van der Waals surface area (Å²) < 4.78 is 0. The minimum atomic E-state index is 1.26. The zero-order valence-electron chi connectivity index (χ0n) is 20.0. The lowest BCUT2D eigenvalue weighted by Crippen LogP contribution is -1.82. The molecule has 0 aliphatic rings. The van der Waals surface area contributed by atoms with Gasteiger partial charge in [0.05, 0.1) is 0 Å². The first kappa shape index (κ1) is 21.8. The van der Waals surface area contributed by atoms with E-state index in [4.69, 9.17) is 0 Å². The van der Waals surface area contributed by atoms with Crippen LogP contribution in [-0.4, -0.2) is 0 Å². The van der Waals surface area contributed by atoms with Crippen LogP contribution in [0.5, 0.6) is 0 Å². The average molecular weight is 459 g/mol. The molecule has 0 heterocycles. The summed E-state index contributed by atoms with van der Waals surface area (Å²) in [7, 11) is 0. The Balaban J connectivity index is 1.24. The molecule has 0 radical (unpaired) electrons. The Kier molecular flexibility index (Phi) is 6.00. The maximum atomic E-state index is 2.27. The van der Waals surface area contributed by atoms with Crippen LogP contribution in [0.15, 0.2) is 146 Å². The van der Waals surface area contributed by atoms with Crippen LogP contribution in [0.1, 0.15) is 11.1 Å². The topological polar surface area (TPSA) is 0 Å². The van der Waals surface area contributed by atoms with Gasteiger partial charge in [0.2, 0.25) is 0 Å². The largest absolute Gasteiger partial charge is 0.0623 e. The fourth-order valence-corrected chi connectivity index (χ4v) is 5.02. The van der Waals surface area contributed by atoms with Gasteiger partial charge in [-0.1, -0.05) is 146 Å². The molecule has 0 amide bonds. The molecular weight excluding hydrogens is 432 g/mol. The van der Waals surface area contributed by atoms with Crippen LogP contribution in [0.4, 0.5) is 0 Å². The van der Waals surface area contributed by atoms with E-state index < -0.39 is 0 Å². The molecule has 0 heteroatoms. The number of rotatable bonds is 5. The molecule has 0 N–H and O–H groups in total. The van der Waals surface area contributed by atoms with Crippen molar-refractivity contribution in [3.63, 3.8) is 0 Å². The zero-order valence-corrected chi connectivity index (χ0v) is 20.0. The van der Waals surface area contributed by atoms with Crippen LogP contribution in [0.25, 0.3) is 55.2 Å². The van der Waals surface area contributed by atoms with Crippen molar-refractivity contribution in [2.24, 2.45) is 0 Å². The SMILES string of the molecule is C(C=CC=Cc1c2ccccc2cc2ccccc12)=CC=Cc1c2ccccc2cc2ccccc12. The summed E-state index contributed by atoms with van der Waals surface area (Å²) >= 11 is 0. The second-order valence-corrected chi connectivity index (χ2v) is 8.95. The summed E-state index contributed by atoms with van der Waals surface area (Å²) in [6, 6.07) is 38.9. The average Bonchev–Trinajstić information content (AvgIpc) is 2.93. The maximum absolute atomic E-state index is 2.27. The van der Waals surface area contributed by atoms with E-state index in [1.807, 2.05) is 0 Å². The number of allylic oxidation sites excluding steroid dienone is 6. The van der Waals surface area contributed by atoms with Crippen LogP contribution >= 0.6 is 0 Å². The Morgan fingerprint density at radius 1 is 0.306 bits per heavy atom. The summed E-state index contributed by atoms with van der Waals surface area (Å²) in [4.78, 5) is 0. The highest BCUT2D eigenvalue weighted by atomic mass is 14.1. The van der Waals surface area contributed by atoms with Crippen LogP contribution in [-0.2, 0) is 0 Å². The van der Waals surface area contributed by atoms with E-state index in [0.717, 1.165) is 0 Å². The van der Waals surface area contributed by atoms with E-state index >= 15 is 0 Å². The maximum Gasteiger partial charge on any atom is -0.00994 e. The third-order valence-corrected chi connectivity index (χ3v) is 6.71. The summed E-state index contributed by atoms with van der Waals surface area (Å²) in [6.45, 7) is 0. The fourth-order valence-electron chi connectivity index (χ4n) is 5.02. The molecule has 0 atom stereocenters. The molecule has 6 aromatic rings. The number of benzene rings is 6. The third-order valence-electron chi connectivity index (χ3n) is 6.71. The van der Waals surface area contributed by atoms with Crippen molar-refractivity contribution >= 4 is 55.2 Å². The summed E-state index contributed by atoms with van der Waals surface area (Å²) in [5.41, 5.74) is 2.53. The molecule has 0 fully saturated rings. The van der Waals surface area contributed by atoms with Crippen molar-refractivity contribution in [1.29, 1.82) is 0 Å². The molecule has 0 saturated carbocycles. The third kappa shape index (κ3) is 4.26. The molecule has 36 heavy (non-hydrogen) atoms. The minimum absolute atomic E-state index is 1.26. The number of hydrogen-bond acceptors (Lipinski definition) is 0. The fraction of sp³-hybridized carbons (Fsp3) is 0. The highest BCUT2D eigenvalue weighted by Crippen LogP contribution is 2.30. The van der Waals surface area contributed by atoms with Crippen molar-refractivity contribution in [2.75, 3.05) is 0 Å². The first-order valence-electron chi connectivity index (χ1n) is 12.4.